The van der Waals surface area contributed by atoms with E-state index in [0.717, 1.165) is 18.7 Å². The Morgan fingerprint density at radius 1 is 0.923 bits per heavy atom. The van der Waals surface area contributed by atoms with E-state index < -0.39 is 10.0 Å². The fourth-order valence-electron chi connectivity index (χ4n) is 3.27. The predicted octanol–water partition coefficient (Wildman–Crippen LogP) is 4.35. The van der Waals surface area contributed by atoms with Crippen molar-refractivity contribution in [3.63, 3.8) is 0 Å². The van der Waals surface area contributed by atoms with E-state index in [9.17, 15) is 8.42 Å². The van der Waals surface area contributed by atoms with Gasteiger partial charge >= 0.3 is 0 Å². The molecule has 1 saturated heterocycles. The number of anilines is 1. The van der Waals surface area contributed by atoms with Gasteiger partial charge in [-0.3, -0.25) is 0 Å². The third-order valence-electron chi connectivity index (χ3n) is 4.74. The van der Waals surface area contributed by atoms with Crippen LogP contribution in [0.2, 0.25) is 0 Å². The molecule has 1 fully saturated rings. The summed E-state index contributed by atoms with van der Waals surface area (Å²) >= 11 is 3.30. The molecular formula is C20H25BrN2O2S. The van der Waals surface area contributed by atoms with Gasteiger partial charge in [0, 0.05) is 29.8 Å². The lowest BCUT2D eigenvalue weighted by Crippen LogP contribution is -2.26. The highest BCUT2D eigenvalue weighted by molar-refractivity contribution is 9.10. The molecule has 3 rings (SSSR count). The van der Waals surface area contributed by atoms with Gasteiger partial charge in [0.2, 0.25) is 10.0 Å². The van der Waals surface area contributed by atoms with Gasteiger partial charge in [-0.15, -0.1) is 0 Å². The predicted molar refractivity (Wildman–Crippen MR) is 110 cm³/mol. The molecule has 1 aliphatic heterocycles. The normalized spacial score (nSPS) is 15.7. The molecule has 140 valence electrons. The van der Waals surface area contributed by atoms with Crippen molar-refractivity contribution in [3.8, 4) is 0 Å². The molecule has 6 heteroatoms. The van der Waals surface area contributed by atoms with E-state index in [1.54, 1.807) is 24.3 Å². The van der Waals surface area contributed by atoms with Crippen molar-refractivity contribution in [1.29, 1.82) is 0 Å². The zero-order chi connectivity index (χ0) is 18.4. The van der Waals surface area contributed by atoms with Crippen LogP contribution in [0.25, 0.3) is 0 Å². The maximum atomic E-state index is 12.4. The highest BCUT2D eigenvalue weighted by atomic mass is 79.9. The first-order valence-electron chi connectivity index (χ1n) is 9.14. The van der Waals surface area contributed by atoms with Crippen LogP contribution in [-0.4, -0.2) is 28.1 Å². The Hall–Kier alpha value is -1.37. The molecule has 0 aromatic heterocycles. The SMILES string of the molecule is O=S(=O)(NCCc1ccc(N2CCCCCC2)cc1)c1ccccc1Br. The van der Waals surface area contributed by atoms with E-state index in [2.05, 4.69) is 49.8 Å². The minimum Gasteiger partial charge on any atom is -0.372 e. The molecule has 0 aliphatic carbocycles. The van der Waals surface area contributed by atoms with Gasteiger partial charge in [0.1, 0.15) is 0 Å². The molecule has 26 heavy (non-hydrogen) atoms. The average molecular weight is 437 g/mol. The van der Waals surface area contributed by atoms with Crippen molar-refractivity contribution >= 4 is 31.6 Å². The molecule has 1 aliphatic rings. The second kappa shape index (κ2) is 9.02. The summed E-state index contributed by atoms with van der Waals surface area (Å²) in [6.07, 6.45) is 5.85. The Morgan fingerprint density at radius 2 is 1.58 bits per heavy atom. The average Bonchev–Trinajstić information content (AvgIpc) is 2.92. The zero-order valence-electron chi connectivity index (χ0n) is 14.8. The van der Waals surface area contributed by atoms with Crippen molar-refractivity contribution in [1.82, 2.24) is 4.72 Å². The Kier molecular flexibility index (Phi) is 6.73. The van der Waals surface area contributed by atoms with Crippen molar-refractivity contribution in [2.75, 3.05) is 24.5 Å². The monoisotopic (exact) mass is 436 g/mol. The molecule has 0 unspecified atom stereocenters. The Labute approximate surface area is 164 Å². The number of hydrogen-bond donors (Lipinski definition) is 1. The molecule has 2 aromatic rings. The van der Waals surface area contributed by atoms with E-state index in [-0.39, 0.29) is 4.90 Å². The Morgan fingerprint density at radius 3 is 2.23 bits per heavy atom. The number of nitrogens with one attached hydrogen (secondary N) is 1. The zero-order valence-corrected chi connectivity index (χ0v) is 17.2. The molecule has 1 N–H and O–H groups in total. The van der Waals surface area contributed by atoms with Gasteiger partial charge in [0.15, 0.2) is 0 Å². The second-order valence-electron chi connectivity index (χ2n) is 6.65. The Balaban J connectivity index is 1.56. The third kappa shape index (κ3) is 5.09. The first-order valence-corrected chi connectivity index (χ1v) is 11.4. The summed E-state index contributed by atoms with van der Waals surface area (Å²) in [6, 6.07) is 15.4. The topological polar surface area (TPSA) is 49.4 Å². The summed E-state index contributed by atoms with van der Waals surface area (Å²) in [4.78, 5) is 2.73. The quantitative estimate of drug-likeness (QED) is 0.731. The highest BCUT2D eigenvalue weighted by Crippen LogP contribution is 2.22. The third-order valence-corrected chi connectivity index (χ3v) is 7.21. The van der Waals surface area contributed by atoms with Crippen molar-refractivity contribution in [2.45, 2.75) is 37.0 Å². The summed E-state index contributed by atoms with van der Waals surface area (Å²) in [5.41, 5.74) is 2.41. The van der Waals surface area contributed by atoms with Gasteiger partial charge in [0.25, 0.3) is 0 Å². The number of halogens is 1. The molecule has 0 radical (unpaired) electrons. The number of hydrogen-bond acceptors (Lipinski definition) is 3. The number of sulfonamides is 1. The minimum atomic E-state index is -3.50. The molecule has 1 heterocycles. The lowest BCUT2D eigenvalue weighted by molar-refractivity contribution is 0.581. The van der Waals surface area contributed by atoms with Gasteiger partial charge in [-0.25, -0.2) is 13.1 Å². The van der Waals surface area contributed by atoms with Gasteiger partial charge < -0.3 is 4.90 Å². The van der Waals surface area contributed by atoms with Gasteiger partial charge in [-0.05, 0) is 65.0 Å². The van der Waals surface area contributed by atoms with Crippen LogP contribution in [0.15, 0.2) is 57.9 Å². The highest BCUT2D eigenvalue weighted by Gasteiger charge is 2.16. The lowest BCUT2D eigenvalue weighted by atomic mass is 10.1. The first-order chi connectivity index (χ1) is 12.6. The fraction of sp³-hybridized carbons (Fsp3) is 0.400. The molecule has 0 spiro atoms. The van der Waals surface area contributed by atoms with Crippen LogP contribution >= 0.6 is 15.9 Å². The smallest absolute Gasteiger partial charge is 0.241 e. The van der Waals surface area contributed by atoms with E-state index in [1.807, 2.05) is 0 Å². The second-order valence-corrected chi connectivity index (χ2v) is 9.24. The lowest BCUT2D eigenvalue weighted by Gasteiger charge is -2.22. The largest absolute Gasteiger partial charge is 0.372 e. The van der Waals surface area contributed by atoms with Gasteiger partial charge in [0.05, 0.1) is 4.90 Å². The molecule has 4 nitrogen and oxygen atoms in total. The van der Waals surface area contributed by atoms with E-state index >= 15 is 0 Å². The molecule has 0 amide bonds. The van der Waals surface area contributed by atoms with Crippen LogP contribution in [-0.2, 0) is 16.4 Å². The molecule has 2 aromatic carbocycles. The van der Waals surface area contributed by atoms with E-state index in [1.165, 1.54) is 31.4 Å². The van der Waals surface area contributed by atoms with E-state index in [0.29, 0.717) is 17.4 Å². The number of nitrogens with zero attached hydrogens (tertiary/aromatic N) is 1. The number of benzene rings is 2. The van der Waals surface area contributed by atoms with E-state index in [4.69, 9.17) is 0 Å². The first kappa shape index (κ1) is 19.4. The molecule has 0 saturated carbocycles. The standard InChI is InChI=1S/C20H25BrN2O2S/c21-19-7-3-4-8-20(19)26(24,25)22-14-13-17-9-11-18(12-10-17)23-15-5-1-2-6-16-23/h3-4,7-12,22H,1-2,5-6,13-16H2. The number of rotatable bonds is 6. The van der Waals surface area contributed by atoms with Crippen LogP contribution in [0.4, 0.5) is 5.69 Å². The summed E-state index contributed by atoms with van der Waals surface area (Å²) < 4.78 is 28.0. The summed E-state index contributed by atoms with van der Waals surface area (Å²) in [7, 11) is -3.50. The molecular weight excluding hydrogens is 412 g/mol. The molecule has 0 bridgehead atoms. The molecule has 0 atom stereocenters. The van der Waals surface area contributed by atoms with Gasteiger partial charge in [-0.2, -0.15) is 0 Å². The van der Waals surface area contributed by atoms with Crippen LogP contribution < -0.4 is 9.62 Å². The minimum absolute atomic E-state index is 0.275. The maximum absolute atomic E-state index is 12.4. The summed E-state index contributed by atoms with van der Waals surface area (Å²) in [5.74, 6) is 0. The summed E-state index contributed by atoms with van der Waals surface area (Å²) in [6.45, 7) is 2.64. The fourth-order valence-corrected chi connectivity index (χ4v) is 5.31. The van der Waals surface area contributed by atoms with Crippen LogP contribution in [0, 0.1) is 0 Å². The van der Waals surface area contributed by atoms with Crippen LogP contribution in [0.1, 0.15) is 31.2 Å². The van der Waals surface area contributed by atoms with Gasteiger partial charge in [-0.1, -0.05) is 37.1 Å². The van der Waals surface area contributed by atoms with Crippen molar-refractivity contribution in [3.05, 3.63) is 58.6 Å². The summed E-state index contributed by atoms with van der Waals surface area (Å²) in [5, 5.41) is 0. The van der Waals surface area contributed by atoms with Crippen molar-refractivity contribution < 1.29 is 8.42 Å². The Bertz CT molecular complexity index is 814. The van der Waals surface area contributed by atoms with Crippen LogP contribution in [0.5, 0.6) is 0 Å². The van der Waals surface area contributed by atoms with Crippen LogP contribution in [0.3, 0.4) is 0 Å². The maximum Gasteiger partial charge on any atom is 0.241 e. The van der Waals surface area contributed by atoms with Crippen molar-refractivity contribution in [2.24, 2.45) is 0 Å².